The van der Waals surface area contributed by atoms with E-state index in [1.54, 1.807) is 0 Å². The second-order valence-corrected chi connectivity index (χ2v) is 4.81. The minimum absolute atomic E-state index is 0.765. The molecule has 5 heteroatoms. The quantitative estimate of drug-likeness (QED) is 0.788. The average molecular weight is 237 g/mol. The number of aryl methyl sites for hydroxylation is 2. The lowest BCUT2D eigenvalue weighted by atomic mass is 10.2. The third-order valence-corrected chi connectivity index (χ3v) is 3.39. The van der Waals surface area contributed by atoms with Crippen molar-refractivity contribution in [3.63, 3.8) is 0 Å². The van der Waals surface area contributed by atoms with Crippen LogP contribution >= 0.6 is 0 Å². The lowest BCUT2D eigenvalue weighted by Gasteiger charge is -2.34. The average Bonchev–Trinajstić information content (AvgIpc) is 2.61. The monoisotopic (exact) mass is 237 g/mol. The Bertz CT molecular complexity index is 352. The zero-order valence-electron chi connectivity index (χ0n) is 10.9. The van der Waals surface area contributed by atoms with E-state index in [0.717, 1.165) is 51.5 Å². The standard InChI is InChI=1S/C12H23N5/c1-11-9-12(15(2)14-11)10-17-7-5-16(4-3-13)6-8-17/h9H,3-8,10,13H2,1-2H3. The summed E-state index contributed by atoms with van der Waals surface area (Å²) in [4.78, 5) is 4.93. The van der Waals surface area contributed by atoms with E-state index >= 15 is 0 Å². The Morgan fingerprint density at radius 2 is 1.88 bits per heavy atom. The van der Waals surface area contributed by atoms with Crippen LogP contribution in [0.15, 0.2) is 6.07 Å². The maximum absolute atomic E-state index is 5.57. The Hall–Kier alpha value is -0.910. The number of hydrogen-bond acceptors (Lipinski definition) is 4. The van der Waals surface area contributed by atoms with Crippen molar-refractivity contribution in [3.05, 3.63) is 17.5 Å². The summed E-state index contributed by atoms with van der Waals surface area (Å²) in [7, 11) is 2.02. The lowest BCUT2D eigenvalue weighted by Crippen LogP contribution is -2.47. The topological polar surface area (TPSA) is 50.3 Å². The molecule has 0 spiro atoms. The van der Waals surface area contributed by atoms with Crippen molar-refractivity contribution < 1.29 is 0 Å². The number of nitrogens with two attached hydrogens (primary N) is 1. The molecule has 0 aliphatic carbocycles. The predicted octanol–water partition coefficient (Wildman–Crippen LogP) is -0.195. The molecule has 0 atom stereocenters. The van der Waals surface area contributed by atoms with Gasteiger partial charge in [-0.25, -0.2) is 0 Å². The molecule has 1 saturated heterocycles. The van der Waals surface area contributed by atoms with Crippen molar-refractivity contribution >= 4 is 0 Å². The molecule has 1 aromatic rings. The van der Waals surface area contributed by atoms with E-state index < -0.39 is 0 Å². The Morgan fingerprint density at radius 3 is 2.41 bits per heavy atom. The summed E-state index contributed by atoms with van der Waals surface area (Å²) in [5.41, 5.74) is 7.98. The van der Waals surface area contributed by atoms with Crippen LogP contribution in [0.4, 0.5) is 0 Å². The van der Waals surface area contributed by atoms with Gasteiger partial charge in [0.2, 0.25) is 0 Å². The first kappa shape index (κ1) is 12.5. The first-order chi connectivity index (χ1) is 8.19. The van der Waals surface area contributed by atoms with Gasteiger partial charge in [0.25, 0.3) is 0 Å². The van der Waals surface area contributed by atoms with Gasteiger partial charge in [0, 0.05) is 52.9 Å². The fourth-order valence-electron chi connectivity index (χ4n) is 2.39. The molecule has 0 saturated carbocycles. The minimum Gasteiger partial charge on any atom is -0.329 e. The van der Waals surface area contributed by atoms with Crippen molar-refractivity contribution in [1.29, 1.82) is 0 Å². The van der Waals surface area contributed by atoms with Crippen molar-refractivity contribution in [2.75, 3.05) is 39.3 Å². The van der Waals surface area contributed by atoms with Crippen LogP contribution in [0.1, 0.15) is 11.4 Å². The molecule has 1 aromatic heterocycles. The number of hydrogen-bond donors (Lipinski definition) is 1. The third-order valence-electron chi connectivity index (χ3n) is 3.39. The summed E-state index contributed by atoms with van der Waals surface area (Å²) in [6.45, 7) is 9.37. The summed E-state index contributed by atoms with van der Waals surface area (Å²) in [5, 5.41) is 4.38. The summed E-state index contributed by atoms with van der Waals surface area (Å²) >= 11 is 0. The molecule has 1 aliphatic rings. The van der Waals surface area contributed by atoms with E-state index in [1.165, 1.54) is 5.69 Å². The van der Waals surface area contributed by atoms with Gasteiger partial charge in [0.15, 0.2) is 0 Å². The van der Waals surface area contributed by atoms with Crippen molar-refractivity contribution in [1.82, 2.24) is 19.6 Å². The van der Waals surface area contributed by atoms with Crippen LogP contribution in [0, 0.1) is 6.92 Å². The van der Waals surface area contributed by atoms with E-state index in [2.05, 4.69) is 21.0 Å². The summed E-state index contributed by atoms with van der Waals surface area (Å²) in [5.74, 6) is 0. The van der Waals surface area contributed by atoms with Crippen LogP contribution in [0.3, 0.4) is 0 Å². The molecule has 2 heterocycles. The highest BCUT2D eigenvalue weighted by Crippen LogP contribution is 2.09. The van der Waals surface area contributed by atoms with Crippen molar-refractivity contribution in [2.45, 2.75) is 13.5 Å². The Balaban J connectivity index is 1.84. The highest BCUT2D eigenvalue weighted by Gasteiger charge is 2.17. The smallest absolute Gasteiger partial charge is 0.0597 e. The number of rotatable bonds is 4. The van der Waals surface area contributed by atoms with Gasteiger partial charge in [0.1, 0.15) is 0 Å². The molecule has 1 fully saturated rings. The largest absolute Gasteiger partial charge is 0.329 e. The molecule has 17 heavy (non-hydrogen) atoms. The summed E-state index contributed by atoms with van der Waals surface area (Å²) in [6, 6.07) is 2.17. The van der Waals surface area contributed by atoms with Crippen LogP contribution in [-0.4, -0.2) is 58.8 Å². The SMILES string of the molecule is Cc1cc(CN2CCN(CCN)CC2)n(C)n1. The van der Waals surface area contributed by atoms with Gasteiger partial charge >= 0.3 is 0 Å². The van der Waals surface area contributed by atoms with Gasteiger partial charge in [-0.2, -0.15) is 5.10 Å². The zero-order chi connectivity index (χ0) is 12.3. The molecule has 2 rings (SSSR count). The molecule has 1 aliphatic heterocycles. The molecule has 0 radical (unpaired) electrons. The molecule has 0 aromatic carbocycles. The number of piperazine rings is 1. The van der Waals surface area contributed by atoms with Gasteiger partial charge < -0.3 is 5.73 Å². The van der Waals surface area contributed by atoms with E-state index in [4.69, 9.17) is 5.73 Å². The summed E-state index contributed by atoms with van der Waals surface area (Å²) < 4.78 is 1.99. The molecule has 0 unspecified atom stereocenters. The molecular formula is C12H23N5. The number of nitrogens with zero attached hydrogens (tertiary/aromatic N) is 4. The van der Waals surface area contributed by atoms with Crippen LogP contribution in [0.2, 0.25) is 0 Å². The molecule has 0 bridgehead atoms. The van der Waals surface area contributed by atoms with Crippen LogP contribution in [-0.2, 0) is 13.6 Å². The van der Waals surface area contributed by atoms with E-state index in [-0.39, 0.29) is 0 Å². The van der Waals surface area contributed by atoms with E-state index in [1.807, 2.05) is 18.7 Å². The number of aromatic nitrogens is 2. The lowest BCUT2D eigenvalue weighted by molar-refractivity contribution is 0.127. The van der Waals surface area contributed by atoms with Crippen LogP contribution in [0.25, 0.3) is 0 Å². The van der Waals surface area contributed by atoms with Gasteiger partial charge in [-0.1, -0.05) is 0 Å². The molecule has 2 N–H and O–H groups in total. The Morgan fingerprint density at radius 1 is 1.24 bits per heavy atom. The van der Waals surface area contributed by atoms with E-state index in [9.17, 15) is 0 Å². The summed E-state index contributed by atoms with van der Waals surface area (Å²) in [6.07, 6.45) is 0. The third kappa shape index (κ3) is 3.28. The fourth-order valence-corrected chi connectivity index (χ4v) is 2.39. The maximum atomic E-state index is 5.57. The normalized spacial score (nSPS) is 18.8. The molecular weight excluding hydrogens is 214 g/mol. The van der Waals surface area contributed by atoms with Gasteiger partial charge in [-0.3, -0.25) is 14.5 Å². The fraction of sp³-hybridized carbons (Fsp3) is 0.750. The first-order valence-corrected chi connectivity index (χ1v) is 6.33. The highest BCUT2D eigenvalue weighted by molar-refractivity contribution is 5.08. The highest BCUT2D eigenvalue weighted by atomic mass is 15.3. The van der Waals surface area contributed by atoms with Crippen LogP contribution in [0.5, 0.6) is 0 Å². The van der Waals surface area contributed by atoms with Gasteiger partial charge in [-0.15, -0.1) is 0 Å². The van der Waals surface area contributed by atoms with Crippen molar-refractivity contribution in [2.24, 2.45) is 12.8 Å². The molecule has 0 amide bonds. The Kier molecular flexibility index (Phi) is 4.15. The van der Waals surface area contributed by atoms with E-state index in [0.29, 0.717) is 0 Å². The minimum atomic E-state index is 0.765. The zero-order valence-corrected chi connectivity index (χ0v) is 10.9. The van der Waals surface area contributed by atoms with Crippen LogP contribution < -0.4 is 5.73 Å². The van der Waals surface area contributed by atoms with Gasteiger partial charge in [0.05, 0.1) is 11.4 Å². The molecule has 5 nitrogen and oxygen atoms in total. The second-order valence-electron chi connectivity index (χ2n) is 4.81. The maximum Gasteiger partial charge on any atom is 0.0597 e. The Labute approximate surface area is 103 Å². The molecule has 96 valence electrons. The van der Waals surface area contributed by atoms with Crippen molar-refractivity contribution in [3.8, 4) is 0 Å². The van der Waals surface area contributed by atoms with Gasteiger partial charge in [-0.05, 0) is 13.0 Å². The first-order valence-electron chi connectivity index (χ1n) is 6.33. The second kappa shape index (κ2) is 5.62. The predicted molar refractivity (Wildman–Crippen MR) is 68.7 cm³/mol.